The van der Waals surface area contributed by atoms with Crippen LogP contribution in [0.15, 0.2) is 46.3 Å². The van der Waals surface area contributed by atoms with Crippen molar-refractivity contribution in [3.05, 3.63) is 47.0 Å². The van der Waals surface area contributed by atoms with E-state index in [0.717, 1.165) is 31.5 Å². The number of H-pyrrole nitrogens is 1. The number of alkyl halides is 2. The molecule has 166 valence electrons. The standard InChI is InChI=1S/C20H17BrF2N6O2S/c1-30-18-11(7-15(22)23)19(31-2)28-20(27-18)29-32-14-9-26-17-10(14)3-4-12(21)16(17)13-8-24-5-6-25-13/h3-6,8-9,15,26H,7H2,1-2H3,(H,27,28,29). The van der Waals surface area contributed by atoms with Gasteiger partial charge in [-0.3, -0.25) is 14.7 Å². The maximum Gasteiger partial charge on any atom is 0.243 e. The van der Waals surface area contributed by atoms with Crippen molar-refractivity contribution in [1.82, 2.24) is 24.9 Å². The van der Waals surface area contributed by atoms with Crippen LogP contribution in [0.2, 0.25) is 0 Å². The van der Waals surface area contributed by atoms with Gasteiger partial charge in [-0.1, -0.05) is 22.0 Å². The molecule has 0 radical (unpaired) electrons. The highest BCUT2D eigenvalue weighted by Gasteiger charge is 2.20. The summed E-state index contributed by atoms with van der Waals surface area (Å²) in [7, 11) is 2.72. The molecule has 2 N–H and O–H groups in total. The minimum absolute atomic E-state index is 0.0352. The van der Waals surface area contributed by atoms with Crippen molar-refractivity contribution < 1.29 is 18.3 Å². The van der Waals surface area contributed by atoms with E-state index in [4.69, 9.17) is 9.47 Å². The van der Waals surface area contributed by atoms with Gasteiger partial charge in [0.05, 0.1) is 42.1 Å². The van der Waals surface area contributed by atoms with Gasteiger partial charge in [-0.15, -0.1) is 0 Å². The zero-order chi connectivity index (χ0) is 22.7. The maximum atomic E-state index is 12.9. The summed E-state index contributed by atoms with van der Waals surface area (Å²) < 4.78 is 40.1. The molecular weight excluding hydrogens is 506 g/mol. The molecule has 3 aromatic heterocycles. The number of ether oxygens (including phenoxy) is 2. The van der Waals surface area contributed by atoms with Crippen molar-refractivity contribution in [2.45, 2.75) is 17.7 Å². The molecule has 0 atom stereocenters. The van der Waals surface area contributed by atoms with Crippen molar-refractivity contribution in [2.75, 3.05) is 18.9 Å². The normalized spacial score (nSPS) is 11.2. The molecule has 1 aromatic carbocycles. The molecule has 0 saturated heterocycles. The summed E-state index contributed by atoms with van der Waals surface area (Å²) in [6.07, 6.45) is 3.64. The minimum Gasteiger partial charge on any atom is -0.481 e. The molecule has 0 spiro atoms. The van der Waals surface area contributed by atoms with E-state index in [1.807, 2.05) is 18.3 Å². The Morgan fingerprint density at radius 1 is 1.16 bits per heavy atom. The van der Waals surface area contributed by atoms with Crippen LogP contribution in [0.4, 0.5) is 14.7 Å². The highest BCUT2D eigenvalue weighted by Crippen LogP contribution is 2.38. The molecular formula is C20H17BrF2N6O2S. The average Bonchev–Trinajstić information content (AvgIpc) is 3.21. The highest BCUT2D eigenvalue weighted by molar-refractivity contribution is 9.10. The quantitative estimate of drug-likeness (QED) is 0.307. The topological polar surface area (TPSA) is 97.8 Å². The van der Waals surface area contributed by atoms with Crippen LogP contribution < -0.4 is 14.2 Å². The molecule has 0 aliphatic heterocycles. The maximum absolute atomic E-state index is 12.9. The Hall–Kier alpha value is -2.99. The van der Waals surface area contributed by atoms with Crippen LogP contribution in [0.5, 0.6) is 11.8 Å². The SMILES string of the molecule is COc1nc(NSc2c[nH]c3c(-c4cnccn4)c(Br)ccc23)nc(OC)c1CC(F)F. The van der Waals surface area contributed by atoms with E-state index >= 15 is 0 Å². The average molecular weight is 523 g/mol. The molecule has 3 heterocycles. The largest absolute Gasteiger partial charge is 0.481 e. The lowest BCUT2D eigenvalue weighted by Crippen LogP contribution is -2.08. The van der Waals surface area contributed by atoms with E-state index in [1.54, 1.807) is 18.6 Å². The van der Waals surface area contributed by atoms with Gasteiger partial charge in [0.2, 0.25) is 24.1 Å². The van der Waals surface area contributed by atoms with E-state index in [2.05, 4.69) is 45.6 Å². The van der Waals surface area contributed by atoms with Crippen LogP contribution in [0.25, 0.3) is 22.2 Å². The van der Waals surface area contributed by atoms with E-state index < -0.39 is 12.8 Å². The molecule has 0 bridgehead atoms. The van der Waals surface area contributed by atoms with Crippen LogP contribution >= 0.6 is 27.9 Å². The minimum atomic E-state index is -2.58. The van der Waals surface area contributed by atoms with E-state index in [-0.39, 0.29) is 23.3 Å². The molecule has 8 nitrogen and oxygen atoms in total. The van der Waals surface area contributed by atoms with Gasteiger partial charge in [0, 0.05) is 40.4 Å². The number of nitrogens with zero attached hydrogens (tertiary/aromatic N) is 4. The summed E-state index contributed by atoms with van der Waals surface area (Å²) in [6, 6.07) is 3.90. The molecule has 0 fully saturated rings. The molecule has 12 heteroatoms. The Morgan fingerprint density at radius 2 is 1.91 bits per heavy atom. The number of hydrogen-bond donors (Lipinski definition) is 2. The lowest BCUT2D eigenvalue weighted by Gasteiger charge is -2.13. The third kappa shape index (κ3) is 4.46. The van der Waals surface area contributed by atoms with E-state index in [1.165, 1.54) is 26.2 Å². The number of aromatic amines is 1. The number of methoxy groups -OCH3 is 2. The van der Waals surface area contributed by atoms with E-state index in [9.17, 15) is 8.78 Å². The van der Waals surface area contributed by atoms with Crippen molar-refractivity contribution in [3.63, 3.8) is 0 Å². The first-order chi connectivity index (χ1) is 15.5. The number of rotatable bonds is 8. The second-order valence-corrected chi connectivity index (χ2v) is 8.13. The second kappa shape index (κ2) is 9.65. The molecule has 0 amide bonds. The summed E-state index contributed by atoms with van der Waals surface area (Å²) in [5.41, 5.74) is 2.61. The number of hydrogen-bond acceptors (Lipinski definition) is 8. The third-order valence-corrected chi connectivity index (χ3v) is 6.02. The Morgan fingerprint density at radius 3 is 2.53 bits per heavy atom. The van der Waals surface area contributed by atoms with Gasteiger partial charge in [-0.2, -0.15) is 9.97 Å². The summed E-state index contributed by atoms with van der Waals surface area (Å²) in [6.45, 7) is 0. The Labute approximate surface area is 194 Å². The van der Waals surface area contributed by atoms with Gasteiger partial charge >= 0.3 is 0 Å². The zero-order valence-electron chi connectivity index (χ0n) is 16.9. The van der Waals surface area contributed by atoms with Gasteiger partial charge in [-0.25, -0.2) is 8.78 Å². The smallest absolute Gasteiger partial charge is 0.243 e. The number of fused-ring (bicyclic) bond motifs is 1. The van der Waals surface area contributed by atoms with Crippen LogP contribution in [0.1, 0.15) is 5.56 Å². The van der Waals surface area contributed by atoms with Crippen molar-refractivity contribution in [1.29, 1.82) is 0 Å². The van der Waals surface area contributed by atoms with Gasteiger partial charge in [0.25, 0.3) is 0 Å². The van der Waals surface area contributed by atoms with Gasteiger partial charge < -0.3 is 14.5 Å². The summed E-state index contributed by atoms with van der Waals surface area (Å²) in [5, 5.41) is 0.944. The summed E-state index contributed by atoms with van der Waals surface area (Å²) in [5.74, 6) is 0.239. The number of benzene rings is 1. The fourth-order valence-electron chi connectivity index (χ4n) is 3.17. The number of halogens is 3. The van der Waals surface area contributed by atoms with Crippen LogP contribution in [-0.2, 0) is 6.42 Å². The fraction of sp³-hybridized carbons (Fsp3) is 0.200. The Kier molecular flexibility index (Phi) is 6.70. The highest BCUT2D eigenvalue weighted by atomic mass is 79.9. The third-order valence-electron chi connectivity index (χ3n) is 4.52. The first kappa shape index (κ1) is 22.2. The first-order valence-electron chi connectivity index (χ1n) is 9.27. The second-order valence-electron chi connectivity index (χ2n) is 6.43. The Bertz CT molecular complexity index is 1220. The molecule has 4 rings (SSSR count). The molecule has 0 unspecified atom stereocenters. The Balaban J connectivity index is 1.64. The van der Waals surface area contributed by atoms with Crippen molar-refractivity contribution >= 4 is 44.7 Å². The van der Waals surface area contributed by atoms with Gasteiger partial charge in [-0.05, 0) is 18.0 Å². The monoisotopic (exact) mass is 522 g/mol. The predicted octanol–water partition coefficient (Wildman–Crippen LogP) is 5.12. The summed E-state index contributed by atoms with van der Waals surface area (Å²) >= 11 is 4.84. The van der Waals surface area contributed by atoms with Crippen LogP contribution in [0, 0.1) is 0 Å². The lowest BCUT2D eigenvalue weighted by atomic mass is 10.1. The van der Waals surface area contributed by atoms with Crippen molar-refractivity contribution in [2.24, 2.45) is 0 Å². The number of anilines is 1. The molecule has 32 heavy (non-hydrogen) atoms. The zero-order valence-corrected chi connectivity index (χ0v) is 19.3. The first-order valence-corrected chi connectivity index (χ1v) is 10.9. The fourth-order valence-corrected chi connectivity index (χ4v) is 4.39. The lowest BCUT2D eigenvalue weighted by molar-refractivity contribution is 0.146. The van der Waals surface area contributed by atoms with Crippen LogP contribution in [0.3, 0.4) is 0 Å². The number of aromatic nitrogens is 5. The molecule has 0 aliphatic carbocycles. The van der Waals surface area contributed by atoms with Crippen molar-refractivity contribution in [3.8, 4) is 23.0 Å². The molecule has 4 aromatic rings. The number of nitrogens with one attached hydrogen (secondary N) is 2. The van der Waals surface area contributed by atoms with Gasteiger partial charge in [0.15, 0.2) is 0 Å². The molecule has 0 saturated carbocycles. The van der Waals surface area contributed by atoms with Crippen LogP contribution in [-0.4, -0.2) is 45.6 Å². The summed E-state index contributed by atoms with van der Waals surface area (Å²) in [4.78, 5) is 21.1. The predicted molar refractivity (Wildman–Crippen MR) is 121 cm³/mol. The van der Waals surface area contributed by atoms with Gasteiger partial charge in [0.1, 0.15) is 0 Å². The molecule has 0 aliphatic rings. The van der Waals surface area contributed by atoms with E-state index in [0.29, 0.717) is 0 Å².